The lowest BCUT2D eigenvalue weighted by Crippen LogP contribution is -2.22. The summed E-state index contributed by atoms with van der Waals surface area (Å²) >= 11 is 3.21. The number of thioether (sulfide) groups is 1. The van der Waals surface area contributed by atoms with Gasteiger partial charge in [0.25, 0.3) is 5.56 Å². The molecule has 0 bridgehead atoms. The normalized spacial score (nSPS) is 11.2. The Balaban J connectivity index is 1.77. The molecule has 28 heavy (non-hydrogen) atoms. The van der Waals surface area contributed by atoms with Crippen molar-refractivity contribution in [1.29, 1.82) is 0 Å². The van der Waals surface area contributed by atoms with E-state index in [1.807, 2.05) is 43.3 Å². The second-order valence-corrected chi connectivity index (χ2v) is 8.40. The van der Waals surface area contributed by atoms with E-state index in [4.69, 9.17) is 4.98 Å². The summed E-state index contributed by atoms with van der Waals surface area (Å²) in [4.78, 5) is 27.1. The van der Waals surface area contributed by atoms with Crippen LogP contribution in [0, 0.1) is 6.92 Å². The van der Waals surface area contributed by atoms with Crippen molar-refractivity contribution in [2.45, 2.75) is 37.6 Å². The molecule has 4 rings (SSSR count). The number of fused-ring (bicyclic) bond motifs is 1. The van der Waals surface area contributed by atoms with Gasteiger partial charge in [-0.25, -0.2) is 19.5 Å². The summed E-state index contributed by atoms with van der Waals surface area (Å²) in [6, 6.07) is 11.3. The largest absolute Gasteiger partial charge is 0.268 e. The van der Waals surface area contributed by atoms with Crippen LogP contribution in [0.15, 0.2) is 57.9 Å². The number of benzene rings is 1. The van der Waals surface area contributed by atoms with E-state index in [0.717, 1.165) is 29.1 Å². The predicted molar refractivity (Wildman–Crippen MR) is 116 cm³/mol. The molecule has 142 valence electrons. The van der Waals surface area contributed by atoms with Gasteiger partial charge in [0.1, 0.15) is 5.82 Å². The molecule has 0 aliphatic heterocycles. The quantitative estimate of drug-likeness (QED) is 0.339. The highest BCUT2D eigenvalue weighted by molar-refractivity contribution is 7.98. The molecule has 0 unspecified atom stereocenters. The minimum Gasteiger partial charge on any atom is -0.268 e. The Morgan fingerprint density at radius 3 is 2.86 bits per heavy atom. The second kappa shape index (κ2) is 8.24. The molecule has 3 aromatic heterocycles. The van der Waals surface area contributed by atoms with Crippen LogP contribution in [0.5, 0.6) is 0 Å². The maximum atomic E-state index is 13.2. The van der Waals surface area contributed by atoms with Gasteiger partial charge in [0, 0.05) is 17.3 Å². The van der Waals surface area contributed by atoms with E-state index in [2.05, 4.69) is 22.3 Å². The van der Waals surface area contributed by atoms with E-state index in [1.165, 1.54) is 11.8 Å². The van der Waals surface area contributed by atoms with Gasteiger partial charge in [-0.05, 0) is 49.6 Å². The van der Waals surface area contributed by atoms with Crippen LogP contribution >= 0.6 is 23.1 Å². The monoisotopic (exact) mass is 408 g/mol. The topological polar surface area (TPSA) is 60.7 Å². The number of rotatable bonds is 6. The maximum Gasteiger partial charge on any atom is 0.267 e. The van der Waals surface area contributed by atoms with E-state index in [1.54, 1.807) is 22.1 Å². The van der Waals surface area contributed by atoms with Crippen LogP contribution in [0.1, 0.15) is 29.6 Å². The van der Waals surface area contributed by atoms with Crippen LogP contribution in [0.3, 0.4) is 0 Å². The molecule has 0 saturated heterocycles. The molecule has 1 aromatic carbocycles. The van der Waals surface area contributed by atoms with Crippen molar-refractivity contribution in [3.05, 3.63) is 74.6 Å². The molecule has 0 atom stereocenters. The highest BCUT2D eigenvalue weighted by Crippen LogP contribution is 2.25. The summed E-state index contributed by atoms with van der Waals surface area (Å²) in [5, 5.41) is 4.47. The fourth-order valence-electron chi connectivity index (χ4n) is 2.94. The lowest BCUT2D eigenvalue weighted by atomic mass is 10.2. The first-order valence-corrected chi connectivity index (χ1v) is 11.0. The van der Waals surface area contributed by atoms with Gasteiger partial charge in [-0.2, -0.15) is 0 Å². The summed E-state index contributed by atoms with van der Waals surface area (Å²) < 4.78 is 1.61. The maximum absolute atomic E-state index is 13.2. The third-order valence-corrected chi connectivity index (χ3v) is 6.22. The first kappa shape index (κ1) is 18.8. The van der Waals surface area contributed by atoms with Crippen molar-refractivity contribution in [3.8, 4) is 5.82 Å². The Morgan fingerprint density at radius 1 is 1.18 bits per heavy atom. The Bertz CT molecular complexity index is 1180. The van der Waals surface area contributed by atoms with Crippen LogP contribution in [-0.4, -0.2) is 19.5 Å². The van der Waals surface area contributed by atoms with Crippen molar-refractivity contribution >= 4 is 34.0 Å². The van der Waals surface area contributed by atoms with Crippen LogP contribution in [-0.2, 0) is 12.2 Å². The summed E-state index contributed by atoms with van der Waals surface area (Å²) in [6.07, 6.45) is 3.81. The molecule has 0 N–H and O–H groups in total. The third-order valence-electron chi connectivity index (χ3n) is 4.29. The first-order chi connectivity index (χ1) is 13.7. The minimum atomic E-state index is -0.101. The third kappa shape index (κ3) is 3.86. The Kier molecular flexibility index (Phi) is 5.54. The molecule has 0 aliphatic rings. The first-order valence-electron chi connectivity index (χ1n) is 9.16. The molecule has 0 radical (unpaired) electrons. The molecular formula is C21H20N4OS2. The zero-order valence-corrected chi connectivity index (χ0v) is 17.4. The smallest absolute Gasteiger partial charge is 0.267 e. The summed E-state index contributed by atoms with van der Waals surface area (Å²) in [5.74, 6) is 1.26. The van der Waals surface area contributed by atoms with E-state index in [9.17, 15) is 4.79 Å². The number of thiazole rings is 1. The summed E-state index contributed by atoms with van der Waals surface area (Å²) in [6.45, 7) is 4.14. The van der Waals surface area contributed by atoms with E-state index >= 15 is 0 Å². The lowest BCUT2D eigenvalue weighted by Gasteiger charge is -2.12. The average Bonchev–Trinajstić information content (AvgIpc) is 3.14. The fraction of sp³-hybridized carbons (Fsp3) is 0.238. The van der Waals surface area contributed by atoms with Crippen LogP contribution in [0.2, 0.25) is 0 Å². The number of hydrogen-bond donors (Lipinski definition) is 0. The second-order valence-electron chi connectivity index (χ2n) is 6.51. The molecule has 0 saturated carbocycles. The molecular weight excluding hydrogens is 388 g/mol. The fourth-order valence-corrected chi connectivity index (χ4v) is 4.83. The van der Waals surface area contributed by atoms with Gasteiger partial charge in [0.05, 0.1) is 21.6 Å². The van der Waals surface area contributed by atoms with E-state index < -0.39 is 0 Å². The Morgan fingerprint density at radius 2 is 2.04 bits per heavy atom. The van der Waals surface area contributed by atoms with Gasteiger partial charge in [0.15, 0.2) is 5.16 Å². The van der Waals surface area contributed by atoms with Crippen molar-refractivity contribution in [2.75, 3.05) is 0 Å². The predicted octanol–water partition coefficient (Wildman–Crippen LogP) is 4.79. The standard InChI is InChI=1S/C21H20N4OS2/c1-3-6-19-23-15(12-27-19)13-28-21-24-17-8-5-4-7-16(17)20(26)25(21)18-11-14(2)9-10-22-18/h4-5,7-12H,3,6,13H2,1-2H3. The molecule has 3 heterocycles. The molecule has 0 aliphatic carbocycles. The number of para-hydroxylation sites is 1. The highest BCUT2D eigenvalue weighted by Gasteiger charge is 2.15. The van der Waals surface area contributed by atoms with Gasteiger partial charge in [-0.1, -0.05) is 30.8 Å². The van der Waals surface area contributed by atoms with Crippen molar-refractivity contribution in [2.24, 2.45) is 0 Å². The van der Waals surface area contributed by atoms with Gasteiger partial charge >= 0.3 is 0 Å². The van der Waals surface area contributed by atoms with Gasteiger partial charge in [-0.3, -0.25) is 4.79 Å². The zero-order valence-electron chi connectivity index (χ0n) is 15.8. The van der Waals surface area contributed by atoms with Crippen molar-refractivity contribution in [3.63, 3.8) is 0 Å². The van der Waals surface area contributed by atoms with Gasteiger partial charge < -0.3 is 0 Å². The van der Waals surface area contributed by atoms with Crippen molar-refractivity contribution in [1.82, 2.24) is 19.5 Å². The summed E-state index contributed by atoms with van der Waals surface area (Å²) in [5.41, 5.74) is 2.66. The van der Waals surface area contributed by atoms with E-state index in [0.29, 0.717) is 27.6 Å². The zero-order chi connectivity index (χ0) is 19.5. The molecule has 4 aromatic rings. The number of aryl methyl sites for hydroxylation is 2. The SMILES string of the molecule is CCCc1nc(CSc2nc3ccccc3c(=O)n2-c2cc(C)ccn2)cs1. The van der Waals surface area contributed by atoms with Gasteiger partial charge in [0.2, 0.25) is 0 Å². The number of pyridine rings is 1. The molecule has 7 heteroatoms. The molecule has 0 spiro atoms. The highest BCUT2D eigenvalue weighted by atomic mass is 32.2. The van der Waals surface area contributed by atoms with Crippen molar-refractivity contribution < 1.29 is 0 Å². The van der Waals surface area contributed by atoms with Crippen LogP contribution in [0.4, 0.5) is 0 Å². The summed E-state index contributed by atoms with van der Waals surface area (Å²) in [7, 11) is 0. The molecule has 0 amide bonds. The number of nitrogens with zero attached hydrogens (tertiary/aromatic N) is 4. The van der Waals surface area contributed by atoms with Gasteiger partial charge in [-0.15, -0.1) is 11.3 Å². The van der Waals surface area contributed by atoms with E-state index in [-0.39, 0.29) is 5.56 Å². The molecule has 5 nitrogen and oxygen atoms in total. The minimum absolute atomic E-state index is 0.101. The lowest BCUT2D eigenvalue weighted by molar-refractivity contribution is 0.794. The van der Waals surface area contributed by atoms with Crippen LogP contribution in [0.25, 0.3) is 16.7 Å². The van der Waals surface area contributed by atoms with Crippen LogP contribution < -0.4 is 5.56 Å². The number of aromatic nitrogens is 4. The molecule has 0 fully saturated rings. The number of hydrogen-bond acceptors (Lipinski definition) is 6. The Hall–Kier alpha value is -2.51. The average molecular weight is 409 g/mol. The Labute approximate surface area is 171 Å².